The van der Waals surface area contributed by atoms with Crippen LogP contribution in [0.3, 0.4) is 0 Å². The van der Waals surface area contributed by atoms with Crippen LogP contribution >= 0.6 is 0 Å². The largest absolute Gasteiger partial charge is 0.493 e. The summed E-state index contributed by atoms with van der Waals surface area (Å²) in [4.78, 5) is 17.8. The summed E-state index contributed by atoms with van der Waals surface area (Å²) in [5.41, 5.74) is 7.17. The number of pyridine rings is 1. The van der Waals surface area contributed by atoms with Crippen LogP contribution in [0.15, 0.2) is 84.6 Å². The van der Waals surface area contributed by atoms with Crippen LogP contribution in [0.25, 0.3) is 16.5 Å². The molecule has 3 aromatic carbocycles. The zero-order valence-electron chi connectivity index (χ0n) is 19.6. The molecular formula is C30H26N2O3. The van der Waals surface area contributed by atoms with Gasteiger partial charge in [0.25, 0.3) is 0 Å². The third-order valence-electron chi connectivity index (χ3n) is 6.89. The third-order valence-corrected chi connectivity index (χ3v) is 6.89. The highest BCUT2D eigenvalue weighted by Gasteiger charge is 2.35. The second-order valence-corrected chi connectivity index (χ2v) is 8.99. The Morgan fingerprint density at radius 1 is 0.971 bits per heavy atom. The van der Waals surface area contributed by atoms with Gasteiger partial charge in [0, 0.05) is 34.8 Å². The Morgan fingerprint density at radius 2 is 1.86 bits per heavy atom. The lowest BCUT2D eigenvalue weighted by Crippen LogP contribution is -2.27. The number of carbonyl (C=O) groups is 1. The number of carbonyl (C=O) groups excluding carboxylic acids is 1. The lowest BCUT2D eigenvalue weighted by atomic mass is 9.77. The highest BCUT2D eigenvalue weighted by atomic mass is 16.5. The first-order valence-electron chi connectivity index (χ1n) is 12.0. The van der Waals surface area contributed by atoms with E-state index in [2.05, 4.69) is 22.4 Å². The van der Waals surface area contributed by atoms with Gasteiger partial charge in [-0.25, -0.2) is 0 Å². The van der Waals surface area contributed by atoms with Crippen molar-refractivity contribution in [3.05, 3.63) is 101 Å². The molecule has 0 fully saturated rings. The van der Waals surface area contributed by atoms with E-state index in [9.17, 15) is 4.79 Å². The van der Waals surface area contributed by atoms with Gasteiger partial charge in [0.05, 0.1) is 18.7 Å². The number of anilines is 1. The van der Waals surface area contributed by atoms with Gasteiger partial charge in [-0.1, -0.05) is 42.5 Å². The van der Waals surface area contributed by atoms with Gasteiger partial charge in [-0.3, -0.25) is 9.78 Å². The van der Waals surface area contributed by atoms with Crippen LogP contribution in [0.1, 0.15) is 42.0 Å². The molecule has 1 aliphatic heterocycles. The molecule has 0 saturated heterocycles. The van der Waals surface area contributed by atoms with E-state index >= 15 is 0 Å². The smallest absolute Gasteiger partial charge is 0.161 e. The number of methoxy groups -OCH3 is 1. The van der Waals surface area contributed by atoms with E-state index in [1.807, 2.05) is 66.9 Å². The number of aromatic nitrogens is 1. The van der Waals surface area contributed by atoms with Crippen molar-refractivity contribution in [2.75, 3.05) is 12.4 Å². The van der Waals surface area contributed by atoms with Crippen molar-refractivity contribution >= 4 is 27.9 Å². The van der Waals surface area contributed by atoms with E-state index in [4.69, 9.17) is 9.47 Å². The first-order chi connectivity index (χ1) is 17.2. The van der Waals surface area contributed by atoms with Crippen molar-refractivity contribution in [1.29, 1.82) is 0 Å². The van der Waals surface area contributed by atoms with Crippen LogP contribution in [-0.4, -0.2) is 17.9 Å². The van der Waals surface area contributed by atoms with Crippen molar-refractivity contribution in [2.45, 2.75) is 31.9 Å². The summed E-state index contributed by atoms with van der Waals surface area (Å²) in [6, 6.07) is 23.9. The topological polar surface area (TPSA) is 60.5 Å². The third kappa shape index (κ3) is 3.83. The SMILES string of the molecule is COc1cc([C@@H]2Nc3ccc4ncccc4c3C3=C2C(=O)CCC3)ccc1OCc1ccccc1. The van der Waals surface area contributed by atoms with Crippen LogP contribution in [0.4, 0.5) is 5.69 Å². The van der Waals surface area contributed by atoms with Gasteiger partial charge in [-0.05, 0) is 59.9 Å². The Hall–Kier alpha value is -4.12. The van der Waals surface area contributed by atoms with Crippen LogP contribution in [0.5, 0.6) is 11.5 Å². The zero-order chi connectivity index (χ0) is 23.8. The normalized spacial score (nSPS) is 16.9. The maximum atomic E-state index is 13.3. The first kappa shape index (κ1) is 21.4. The number of hydrogen-bond donors (Lipinski definition) is 1. The molecule has 4 aromatic rings. The molecular weight excluding hydrogens is 436 g/mol. The molecule has 5 heteroatoms. The number of fused-ring (bicyclic) bond motifs is 4. The molecule has 0 saturated carbocycles. The van der Waals surface area contributed by atoms with E-state index in [0.29, 0.717) is 24.5 Å². The van der Waals surface area contributed by atoms with Gasteiger partial charge in [0.2, 0.25) is 0 Å². The van der Waals surface area contributed by atoms with E-state index < -0.39 is 0 Å². The Kier molecular flexibility index (Phi) is 5.45. The van der Waals surface area contributed by atoms with E-state index in [1.165, 1.54) is 0 Å². The molecule has 1 aromatic heterocycles. The number of hydrogen-bond acceptors (Lipinski definition) is 5. The molecule has 2 heterocycles. The quantitative estimate of drug-likeness (QED) is 0.367. The predicted molar refractivity (Wildman–Crippen MR) is 138 cm³/mol. The number of Topliss-reactive ketones (excluding diaryl/α,β-unsaturated/α-hetero) is 1. The van der Waals surface area contributed by atoms with Crippen LogP contribution in [-0.2, 0) is 11.4 Å². The Balaban J connectivity index is 1.40. The number of nitrogens with zero attached hydrogens (tertiary/aromatic N) is 1. The number of rotatable bonds is 5. The van der Waals surface area contributed by atoms with Gasteiger partial charge >= 0.3 is 0 Å². The van der Waals surface area contributed by atoms with Gasteiger partial charge in [-0.15, -0.1) is 0 Å². The molecule has 0 radical (unpaired) electrons. The van der Waals surface area contributed by atoms with Crippen molar-refractivity contribution in [3.63, 3.8) is 0 Å². The highest BCUT2D eigenvalue weighted by Crippen LogP contribution is 2.48. The number of allylic oxidation sites excluding steroid dienone is 1. The molecule has 2 aliphatic rings. The maximum Gasteiger partial charge on any atom is 0.161 e. The fourth-order valence-corrected chi connectivity index (χ4v) is 5.25. The number of benzene rings is 3. The zero-order valence-corrected chi connectivity index (χ0v) is 19.6. The average molecular weight is 463 g/mol. The summed E-state index contributed by atoms with van der Waals surface area (Å²) in [5, 5.41) is 4.74. The summed E-state index contributed by atoms with van der Waals surface area (Å²) in [7, 11) is 1.65. The summed E-state index contributed by atoms with van der Waals surface area (Å²) in [6.07, 6.45) is 4.14. The van der Waals surface area contributed by atoms with E-state index in [0.717, 1.165) is 57.3 Å². The monoisotopic (exact) mass is 462 g/mol. The highest BCUT2D eigenvalue weighted by molar-refractivity contribution is 6.12. The molecule has 174 valence electrons. The van der Waals surface area contributed by atoms with Crippen LogP contribution in [0, 0.1) is 0 Å². The van der Waals surface area contributed by atoms with Gasteiger partial charge in [0.15, 0.2) is 17.3 Å². The maximum absolute atomic E-state index is 13.3. The van der Waals surface area contributed by atoms with Crippen LogP contribution in [0.2, 0.25) is 0 Å². The first-order valence-corrected chi connectivity index (χ1v) is 12.0. The fraction of sp³-hybridized carbons (Fsp3) is 0.200. The molecule has 5 nitrogen and oxygen atoms in total. The summed E-state index contributed by atoms with van der Waals surface area (Å²) < 4.78 is 11.8. The molecule has 1 N–H and O–H groups in total. The van der Waals surface area contributed by atoms with E-state index in [-0.39, 0.29) is 11.8 Å². The minimum Gasteiger partial charge on any atom is -0.493 e. The average Bonchev–Trinajstić information content (AvgIpc) is 2.91. The van der Waals surface area contributed by atoms with E-state index in [1.54, 1.807) is 7.11 Å². The number of ether oxygens (including phenoxy) is 2. The lowest BCUT2D eigenvalue weighted by molar-refractivity contribution is -0.116. The lowest BCUT2D eigenvalue weighted by Gasteiger charge is -2.35. The molecule has 6 rings (SSSR count). The molecule has 0 spiro atoms. The summed E-state index contributed by atoms with van der Waals surface area (Å²) in [6.45, 7) is 0.459. The summed E-state index contributed by atoms with van der Waals surface area (Å²) in [5.74, 6) is 1.54. The molecule has 1 aliphatic carbocycles. The Morgan fingerprint density at radius 3 is 2.71 bits per heavy atom. The number of ketones is 1. The standard InChI is InChI=1S/C30H26N2O3/c1-34-27-17-20(12-15-26(27)35-18-19-7-3-2-4-8-19)30-29-22(9-5-11-25(29)33)28-21-10-6-16-31-23(21)13-14-24(28)32-30/h2-4,6-8,10,12-17,30,32H,5,9,11,18H2,1H3/t30-/m0/s1. The second kappa shape index (κ2) is 8.91. The van der Waals surface area contributed by atoms with Crippen molar-refractivity contribution in [3.8, 4) is 11.5 Å². The van der Waals surface area contributed by atoms with Crippen molar-refractivity contribution in [2.24, 2.45) is 0 Å². The number of nitrogens with one attached hydrogen (secondary N) is 1. The molecule has 1 atom stereocenters. The van der Waals surface area contributed by atoms with Gasteiger partial charge in [0.1, 0.15) is 6.61 Å². The fourth-order valence-electron chi connectivity index (χ4n) is 5.25. The Labute approximate surface area is 204 Å². The molecule has 0 bridgehead atoms. The van der Waals surface area contributed by atoms with Crippen molar-refractivity contribution in [1.82, 2.24) is 4.98 Å². The molecule has 0 unspecified atom stereocenters. The minimum absolute atomic E-state index is 0.207. The predicted octanol–water partition coefficient (Wildman–Crippen LogP) is 6.50. The van der Waals surface area contributed by atoms with Crippen molar-refractivity contribution < 1.29 is 14.3 Å². The minimum atomic E-state index is -0.239. The second-order valence-electron chi connectivity index (χ2n) is 8.99. The van der Waals surface area contributed by atoms with Gasteiger partial charge in [-0.2, -0.15) is 0 Å². The Bertz CT molecular complexity index is 1460. The molecule has 35 heavy (non-hydrogen) atoms. The molecule has 0 amide bonds. The summed E-state index contributed by atoms with van der Waals surface area (Å²) >= 11 is 0. The van der Waals surface area contributed by atoms with Crippen LogP contribution < -0.4 is 14.8 Å². The van der Waals surface area contributed by atoms with Gasteiger partial charge < -0.3 is 14.8 Å².